The molecule has 1 heterocycles. The molecule has 0 unspecified atom stereocenters. The monoisotopic (exact) mass is 412 g/mol. The van der Waals surface area contributed by atoms with Crippen molar-refractivity contribution in [1.82, 2.24) is 0 Å². The Balaban J connectivity index is 2.30. The van der Waals surface area contributed by atoms with Crippen LogP contribution < -0.4 is 0 Å². The molecular formula is C24H28O4S. The maximum atomic E-state index is 13.4. The molecule has 0 atom stereocenters. The van der Waals surface area contributed by atoms with Crippen LogP contribution in [-0.2, 0) is 19.4 Å². The zero-order chi connectivity index (χ0) is 21.8. The average Bonchev–Trinajstić information content (AvgIpc) is 2.53. The van der Waals surface area contributed by atoms with Gasteiger partial charge >= 0.3 is 0 Å². The third kappa shape index (κ3) is 4.06. The first-order valence-electron chi connectivity index (χ1n) is 9.79. The van der Waals surface area contributed by atoms with Crippen molar-refractivity contribution in [2.24, 2.45) is 10.8 Å². The summed E-state index contributed by atoms with van der Waals surface area (Å²) in [6.07, 6.45) is 3.57. The summed E-state index contributed by atoms with van der Waals surface area (Å²) in [4.78, 5) is 26.0. The lowest BCUT2D eigenvalue weighted by Gasteiger charge is -2.31. The van der Waals surface area contributed by atoms with Crippen LogP contribution in [0.5, 0.6) is 0 Å². The van der Waals surface area contributed by atoms with Crippen LogP contribution in [0.15, 0.2) is 52.5 Å². The average molecular weight is 413 g/mol. The molecule has 2 aliphatic rings. The van der Waals surface area contributed by atoms with Gasteiger partial charge in [0.1, 0.15) is 0 Å². The fraction of sp³-hybridized carbons (Fsp3) is 0.417. The van der Waals surface area contributed by atoms with Gasteiger partial charge in [0.15, 0.2) is 11.6 Å². The quantitative estimate of drug-likeness (QED) is 0.483. The fourth-order valence-corrected chi connectivity index (χ4v) is 5.96. The van der Waals surface area contributed by atoms with Gasteiger partial charge in [-0.3, -0.25) is 9.59 Å². The molecule has 1 aliphatic carbocycles. The van der Waals surface area contributed by atoms with Crippen molar-refractivity contribution in [2.45, 2.75) is 54.4 Å². The van der Waals surface area contributed by atoms with Crippen LogP contribution in [-0.4, -0.2) is 20.0 Å². The number of Topliss-reactive ketones (excluding diaryl/α,β-unsaturated/α-hetero) is 2. The molecule has 5 heteroatoms. The van der Waals surface area contributed by atoms with Crippen LogP contribution in [0, 0.1) is 17.8 Å². The Morgan fingerprint density at radius 2 is 1.41 bits per heavy atom. The number of benzene rings is 1. The second-order valence-corrected chi connectivity index (χ2v) is 11.7. The smallest absolute Gasteiger partial charge is 0.203 e. The summed E-state index contributed by atoms with van der Waals surface area (Å²) in [5.74, 6) is -0.436. The molecule has 0 N–H and O–H groups in total. The van der Waals surface area contributed by atoms with Crippen LogP contribution >= 0.6 is 0 Å². The van der Waals surface area contributed by atoms with Crippen molar-refractivity contribution in [3.8, 4) is 0 Å². The zero-order valence-electron chi connectivity index (χ0n) is 17.9. The van der Waals surface area contributed by atoms with E-state index in [1.165, 1.54) is 12.2 Å². The van der Waals surface area contributed by atoms with E-state index >= 15 is 0 Å². The number of hydrogen-bond acceptors (Lipinski definition) is 4. The minimum atomic E-state index is -3.75. The first-order chi connectivity index (χ1) is 13.2. The molecule has 0 amide bonds. The Kier molecular flexibility index (Phi) is 5.11. The summed E-state index contributed by atoms with van der Waals surface area (Å²) in [6, 6.07) is 7.24. The number of carbonyl (C=O) groups excluding carboxylic acids is 2. The van der Waals surface area contributed by atoms with Crippen molar-refractivity contribution in [3.05, 3.63) is 63.6 Å². The van der Waals surface area contributed by atoms with Gasteiger partial charge < -0.3 is 0 Å². The highest BCUT2D eigenvalue weighted by Gasteiger charge is 2.40. The SMILES string of the molecule is Cc1ccc(C2=CC(=C3C(=O)CC(C)(C)CC3=O)C=C(C(C)(C)C)S2(=O)=O)cc1. The molecule has 1 aromatic carbocycles. The molecule has 1 aromatic rings. The van der Waals surface area contributed by atoms with Crippen LogP contribution in [0.2, 0.25) is 0 Å². The second kappa shape index (κ2) is 6.91. The van der Waals surface area contributed by atoms with Crippen molar-refractivity contribution < 1.29 is 18.0 Å². The number of hydrogen-bond donors (Lipinski definition) is 0. The number of carbonyl (C=O) groups is 2. The maximum absolute atomic E-state index is 13.4. The van der Waals surface area contributed by atoms with E-state index in [0.29, 0.717) is 11.1 Å². The van der Waals surface area contributed by atoms with E-state index in [4.69, 9.17) is 0 Å². The lowest BCUT2D eigenvalue weighted by molar-refractivity contribution is -0.127. The van der Waals surface area contributed by atoms with E-state index < -0.39 is 15.3 Å². The molecular weight excluding hydrogens is 384 g/mol. The van der Waals surface area contributed by atoms with Crippen molar-refractivity contribution >= 4 is 26.3 Å². The lowest BCUT2D eigenvalue weighted by Crippen LogP contribution is -2.32. The molecule has 1 aliphatic heterocycles. The summed E-state index contributed by atoms with van der Waals surface area (Å²) in [5, 5.41) is 0. The first kappa shape index (κ1) is 21.4. The normalized spacial score (nSPS) is 21.7. The second-order valence-electron chi connectivity index (χ2n) is 9.83. The number of rotatable bonds is 1. The predicted octanol–water partition coefficient (Wildman–Crippen LogP) is 4.95. The summed E-state index contributed by atoms with van der Waals surface area (Å²) in [7, 11) is -3.75. The molecule has 29 heavy (non-hydrogen) atoms. The zero-order valence-corrected chi connectivity index (χ0v) is 18.7. The molecule has 3 rings (SSSR count). The molecule has 154 valence electrons. The largest absolute Gasteiger partial charge is 0.294 e. The van der Waals surface area contributed by atoms with E-state index in [0.717, 1.165) is 5.56 Å². The summed E-state index contributed by atoms with van der Waals surface area (Å²) < 4.78 is 26.8. The third-order valence-corrected chi connectivity index (χ3v) is 7.59. The Morgan fingerprint density at radius 3 is 1.90 bits per heavy atom. The summed E-state index contributed by atoms with van der Waals surface area (Å²) in [5.41, 5.74) is 1.07. The van der Waals surface area contributed by atoms with Gasteiger partial charge in [-0.25, -0.2) is 8.42 Å². The van der Waals surface area contributed by atoms with Gasteiger partial charge in [-0.1, -0.05) is 64.4 Å². The fourth-order valence-electron chi connectivity index (χ4n) is 3.90. The standard InChI is InChI=1S/C24H28O4S/c1-15-7-9-16(10-8-15)20-11-17(12-21(23(2,3)4)29(20,27)28)22-18(25)13-24(5,6)14-19(22)26/h7-12H,13-14H2,1-6H3. The van der Waals surface area contributed by atoms with Crippen molar-refractivity contribution in [3.63, 3.8) is 0 Å². The number of aryl methyl sites for hydroxylation is 1. The van der Waals surface area contributed by atoms with E-state index in [-0.39, 0.29) is 45.2 Å². The minimum absolute atomic E-state index is 0.130. The molecule has 0 bridgehead atoms. The van der Waals surface area contributed by atoms with Gasteiger partial charge in [-0.15, -0.1) is 0 Å². The first-order valence-corrected chi connectivity index (χ1v) is 11.3. The van der Waals surface area contributed by atoms with Crippen LogP contribution in [0.1, 0.15) is 58.6 Å². The Bertz CT molecular complexity index is 1060. The van der Waals surface area contributed by atoms with Gasteiger partial charge in [0.05, 0.1) is 15.4 Å². The predicted molar refractivity (Wildman–Crippen MR) is 116 cm³/mol. The highest BCUT2D eigenvalue weighted by Crippen LogP contribution is 2.44. The van der Waals surface area contributed by atoms with Crippen LogP contribution in [0.25, 0.3) is 4.91 Å². The van der Waals surface area contributed by atoms with Crippen molar-refractivity contribution in [2.75, 3.05) is 0 Å². The number of ketones is 2. The third-order valence-electron chi connectivity index (χ3n) is 5.35. The van der Waals surface area contributed by atoms with Crippen LogP contribution in [0.4, 0.5) is 0 Å². The van der Waals surface area contributed by atoms with E-state index in [2.05, 4.69) is 0 Å². The van der Waals surface area contributed by atoms with E-state index in [1.54, 1.807) is 12.1 Å². The highest BCUT2D eigenvalue weighted by molar-refractivity contribution is 8.04. The molecule has 0 radical (unpaired) electrons. The Labute approximate surface area is 173 Å². The number of sulfone groups is 1. The molecule has 4 nitrogen and oxygen atoms in total. The molecule has 0 saturated heterocycles. The summed E-state index contributed by atoms with van der Waals surface area (Å²) in [6.45, 7) is 11.2. The van der Waals surface area contributed by atoms with E-state index in [1.807, 2.05) is 53.7 Å². The van der Waals surface area contributed by atoms with Gasteiger partial charge in [0, 0.05) is 12.8 Å². The van der Waals surface area contributed by atoms with Gasteiger partial charge in [-0.05, 0) is 41.0 Å². The van der Waals surface area contributed by atoms with E-state index in [9.17, 15) is 18.0 Å². The topological polar surface area (TPSA) is 68.3 Å². The number of allylic oxidation sites excluding steroid dienone is 5. The van der Waals surface area contributed by atoms with Crippen LogP contribution in [0.3, 0.4) is 0 Å². The lowest BCUT2D eigenvalue weighted by atomic mass is 9.73. The van der Waals surface area contributed by atoms with Gasteiger partial charge in [-0.2, -0.15) is 0 Å². The van der Waals surface area contributed by atoms with Gasteiger partial charge in [0.25, 0.3) is 0 Å². The van der Waals surface area contributed by atoms with Crippen molar-refractivity contribution in [1.29, 1.82) is 0 Å². The summed E-state index contributed by atoms with van der Waals surface area (Å²) >= 11 is 0. The highest BCUT2D eigenvalue weighted by atomic mass is 32.2. The minimum Gasteiger partial charge on any atom is -0.294 e. The van der Waals surface area contributed by atoms with Gasteiger partial charge in [0.2, 0.25) is 9.84 Å². The Morgan fingerprint density at radius 1 is 0.897 bits per heavy atom. The Hall–Kier alpha value is -2.27. The molecule has 0 aromatic heterocycles. The molecule has 1 fully saturated rings. The molecule has 0 spiro atoms. The maximum Gasteiger partial charge on any atom is 0.203 e. The molecule has 1 saturated carbocycles.